The highest BCUT2D eigenvalue weighted by Crippen LogP contribution is 2.31. The topological polar surface area (TPSA) is 116 Å². The molecule has 0 bridgehead atoms. The number of nitro benzene ring substituents is 1. The molecule has 1 aromatic heterocycles. The maximum absolute atomic E-state index is 12.4. The predicted octanol–water partition coefficient (Wildman–Crippen LogP) is 1.95. The summed E-state index contributed by atoms with van der Waals surface area (Å²) in [5.74, 6) is 0.0327. The Morgan fingerprint density at radius 2 is 2.07 bits per heavy atom. The summed E-state index contributed by atoms with van der Waals surface area (Å²) in [6, 6.07) is 6.67. The summed E-state index contributed by atoms with van der Waals surface area (Å²) in [6.07, 6.45) is 2.06. The van der Waals surface area contributed by atoms with Crippen LogP contribution < -0.4 is 4.90 Å². The average Bonchev–Trinajstić information content (AvgIpc) is 3.13. The second-order valence-corrected chi connectivity index (χ2v) is 6.43. The van der Waals surface area contributed by atoms with Gasteiger partial charge in [-0.25, -0.2) is 4.68 Å². The number of hydrogen-bond acceptors (Lipinski definition) is 8. The smallest absolute Gasteiger partial charge is 0.309 e. The first-order valence-corrected chi connectivity index (χ1v) is 9.00. The first kappa shape index (κ1) is 18.7. The lowest BCUT2D eigenvalue weighted by Crippen LogP contribution is -2.37. The molecule has 27 heavy (non-hydrogen) atoms. The lowest BCUT2D eigenvalue weighted by atomic mass is 9.96. The van der Waals surface area contributed by atoms with E-state index in [1.165, 1.54) is 6.07 Å². The largest absolute Gasteiger partial charge is 0.457 e. The third-order valence-corrected chi connectivity index (χ3v) is 4.63. The number of carbonyl (C=O) groups excluding carboxylic acids is 1. The fourth-order valence-corrected chi connectivity index (χ4v) is 3.21. The van der Waals surface area contributed by atoms with E-state index in [0.29, 0.717) is 44.0 Å². The van der Waals surface area contributed by atoms with E-state index < -0.39 is 0 Å². The molecule has 0 amide bonds. The van der Waals surface area contributed by atoms with Gasteiger partial charge in [0.2, 0.25) is 0 Å². The van der Waals surface area contributed by atoms with Gasteiger partial charge in [0.1, 0.15) is 5.69 Å². The highest BCUT2D eigenvalue weighted by atomic mass is 16.6. The van der Waals surface area contributed by atoms with Crippen molar-refractivity contribution in [1.82, 2.24) is 20.2 Å². The van der Waals surface area contributed by atoms with Crippen LogP contribution in [0, 0.1) is 16.0 Å². The lowest BCUT2D eigenvalue weighted by molar-refractivity contribution is -0.384. The minimum atomic E-state index is -0.379. The van der Waals surface area contributed by atoms with Crippen LogP contribution in [0.4, 0.5) is 11.4 Å². The van der Waals surface area contributed by atoms with E-state index in [4.69, 9.17) is 4.74 Å². The number of ether oxygens (including phenoxy) is 1. The van der Waals surface area contributed by atoms with Crippen LogP contribution in [0.3, 0.4) is 0 Å². The summed E-state index contributed by atoms with van der Waals surface area (Å²) in [4.78, 5) is 25.1. The number of benzene rings is 1. The summed E-state index contributed by atoms with van der Waals surface area (Å²) in [5.41, 5.74) is 0.675. The fraction of sp³-hybridized carbons (Fsp3) is 0.529. The maximum atomic E-state index is 12.4. The van der Waals surface area contributed by atoms with E-state index in [9.17, 15) is 14.9 Å². The molecule has 10 nitrogen and oxygen atoms in total. The van der Waals surface area contributed by atoms with Crippen molar-refractivity contribution in [2.75, 3.05) is 18.0 Å². The molecule has 1 aliphatic heterocycles. The molecule has 0 aliphatic carbocycles. The van der Waals surface area contributed by atoms with E-state index in [1.807, 2.05) is 11.8 Å². The van der Waals surface area contributed by atoms with Gasteiger partial charge in [0.05, 0.1) is 10.8 Å². The molecule has 1 aromatic carbocycles. The molecule has 2 aromatic rings. The van der Waals surface area contributed by atoms with Crippen molar-refractivity contribution < 1.29 is 14.5 Å². The SMILES string of the molecule is CCCn1nnnc1COC(=O)C1CCN(c2ccccc2[N+](=O)[O-])CC1. The van der Waals surface area contributed by atoms with Crippen LogP contribution >= 0.6 is 0 Å². The molecular formula is C17H22N6O4. The van der Waals surface area contributed by atoms with Gasteiger partial charge in [-0.05, 0) is 35.8 Å². The highest BCUT2D eigenvalue weighted by Gasteiger charge is 2.29. The van der Waals surface area contributed by atoms with Crippen molar-refractivity contribution in [3.63, 3.8) is 0 Å². The van der Waals surface area contributed by atoms with Crippen molar-refractivity contribution in [3.8, 4) is 0 Å². The van der Waals surface area contributed by atoms with Gasteiger partial charge in [0.25, 0.3) is 5.69 Å². The first-order valence-electron chi connectivity index (χ1n) is 9.00. The quantitative estimate of drug-likeness (QED) is 0.410. The van der Waals surface area contributed by atoms with Gasteiger partial charge in [-0.2, -0.15) is 0 Å². The highest BCUT2D eigenvalue weighted by molar-refractivity contribution is 5.73. The third kappa shape index (κ3) is 4.39. The minimum Gasteiger partial charge on any atom is -0.457 e. The molecule has 0 N–H and O–H groups in total. The van der Waals surface area contributed by atoms with Crippen LogP contribution in [-0.4, -0.2) is 44.2 Å². The number of carbonyl (C=O) groups is 1. The van der Waals surface area contributed by atoms with Crippen LogP contribution in [0.25, 0.3) is 0 Å². The van der Waals surface area contributed by atoms with E-state index in [2.05, 4.69) is 15.5 Å². The number of aryl methyl sites for hydroxylation is 1. The van der Waals surface area contributed by atoms with E-state index in [-0.39, 0.29) is 29.1 Å². The number of esters is 1. The van der Waals surface area contributed by atoms with Crippen LogP contribution in [0.5, 0.6) is 0 Å². The van der Waals surface area contributed by atoms with Gasteiger partial charge in [-0.15, -0.1) is 5.10 Å². The first-order chi connectivity index (χ1) is 13.1. The molecule has 0 unspecified atom stereocenters. The Morgan fingerprint density at radius 3 is 2.78 bits per heavy atom. The molecule has 3 rings (SSSR count). The number of anilines is 1. The Morgan fingerprint density at radius 1 is 1.33 bits per heavy atom. The van der Waals surface area contributed by atoms with Crippen LogP contribution in [0.15, 0.2) is 24.3 Å². The van der Waals surface area contributed by atoms with Gasteiger partial charge in [-0.3, -0.25) is 14.9 Å². The molecule has 10 heteroatoms. The van der Waals surface area contributed by atoms with Gasteiger partial charge < -0.3 is 9.64 Å². The standard InChI is InChI=1S/C17H22N6O4/c1-2-9-22-16(18-19-20-22)12-27-17(24)13-7-10-21(11-8-13)14-5-3-4-6-15(14)23(25)26/h3-6,13H,2,7-12H2,1H3. The number of tetrazole rings is 1. The molecule has 0 atom stereocenters. The second-order valence-electron chi connectivity index (χ2n) is 6.43. The van der Waals surface area contributed by atoms with E-state index in [0.717, 1.165) is 6.42 Å². The molecule has 1 aliphatic rings. The molecular weight excluding hydrogens is 352 g/mol. The number of hydrogen-bond donors (Lipinski definition) is 0. The molecule has 0 spiro atoms. The van der Waals surface area contributed by atoms with Crippen molar-refractivity contribution >= 4 is 17.3 Å². The molecule has 2 heterocycles. The number of para-hydroxylation sites is 2. The molecule has 1 fully saturated rings. The molecule has 1 saturated heterocycles. The van der Waals surface area contributed by atoms with Gasteiger partial charge in [0, 0.05) is 25.7 Å². The summed E-state index contributed by atoms with van der Waals surface area (Å²) < 4.78 is 7.02. The van der Waals surface area contributed by atoms with Crippen LogP contribution in [0.2, 0.25) is 0 Å². The van der Waals surface area contributed by atoms with Crippen molar-refractivity contribution in [2.45, 2.75) is 39.3 Å². The maximum Gasteiger partial charge on any atom is 0.309 e. The molecule has 144 valence electrons. The number of rotatable bonds is 7. The zero-order valence-electron chi connectivity index (χ0n) is 15.2. The van der Waals surface area contributed by atoms with E-state index >= 15 is 0 Å². The average molecular weight is 374 g/mol. The summed E-state index contributed by atoms with van der Waals surface area (Å²) in [6.45, 7) is 3.88. The fourth-order valence-electron chi connectivity index (χ4n) is 3.21. The normalized spacial score (nSPS) is 14.9. The molecule has 0 radical (unpaired) electrons. The number of nitrogens with zero attached hydrogens (tertiary/aromatic N) is 6. The third-order valence-electron chi connectivity index (χ3n) is 4.63. The summed E-state index contributed by atoms with van der Waals surface area (Å²) >= 11 is 0. The minimum absolute atomic E-state index is 0.0518. The van der Waals surface area contributed by atoms with Gasteiger partial charge in [-0.1, -0.05) is 19.1 Å². The second kappa shape index (κ2) is 8.56. The Kier molecular flexibility index (Phi) is 5.94. The van der Waals surface area contributed by atoms with E-state index in [1.54, 1.807) is 22.9 Å². The number of piperidine rings is 1. The number of nitro groups is 1. The predicted molar refractivity (Wildman–Crippen MR) is 95.9 cm³/mol. The Balaban J connectivity index is 1.54. The zero-order valence-corrected chi connectivity index (χ0v) is 15.2. The van der Waals surface area contributed by atoms with Crippen molar-refractivity contribution in [3.05, 3.63) is 40.2 Å². The Hall–Kier alpha value is -3.04. The summed E-state index contributed by atoms with van der Waals surface area (Å²) in [5, 5.41) is 22.5. The Labute approximate surface area is 156 Å². The van der Waals surface area contributed by atoms with Crippen molar-refractivity contribution in [1.29, 1.82) is 0 Å². The van der Waals surface area contributed by atoms with Gasteiger partial charge >= 0.3 is 5.97 Å². The Bertz CT molecular complexity index is 800. The summed E-state index contributed by atoms with van der Waals surface area (Å²) in [7, 11) is 0. The lowest BCUT2D eigenvalue weighted by Gasteiger charge is -2.32. The van der Waals surface area contributed by atoms with Gasteiger partial charge in [0.15, 0.2) is 12.4 Å². The zero-order chi connectivity index (χ0) is 19.2. The van der Waals surface area contributed by atoms with Crippen LogP contribution in [0.1, 0.15) is 32.0 Å². The number of aromatic nitrogens is 4. The van der Waals surface area contributed by atoms with Crippen LogP contribution in [-0.2, 0) is 22.7 Å². The van der Waals surface area contributed by atoms with Crippen molar-refractivity contribution in [2.24, 2.45) is 5.92 Å². The monoisotopic (exact) mass is 374 g/mol. The molecule has 0 saturated carbocycles.